The molecule has 0 radical (unpaired) electrons. The van der Waals surface area contributed by atoms with Crippen LogP contribution >= 0.6 is 22.9 Å². The lowest BCUT2D eigenvalue weighted by atomic mass is 9.90. The molecule has 1 N–H and O–H groups in total. The Bertz CT molecular complexity index is 1080. The average Bonchev–Trinajstić information content (AvgIpc) is 3.30. The second kappa shape index (κ2) is 7.66. The lowest BCUT2D eigenvalue weighted by molar-refractivity contribution is 0.565. The zero-order chi connectivity index (χ0) is 19.7. The molecule has 28 heavy (non-hydrogen) atoms. The zero-order valence-electron chi connectivity index (χ0n) is 16.2. The number of hydrogen-bond acceptors (Lipinski definition) is 4. The molecule has 0 fully saturated rings. The van der Waals surface area contributed by atoms with Gasteiger partial charge in [-0.2, -0.15) is 5.10 Å². The maximum Gasteiger partial charge on any atom is 0.164 e. The van der Waals surface area contributed by atoms with Crippen molar-refractivity contribution in [2.24, 2.45) is 0 Å². The van der Waals surface area contributed by atoms with Crippen LogP contribution in [0, 0.1) is 0 Å². The SMILES string of the molecule is CC(C)(C)c1nn(-c2ccccc2)c2nc(Cl)c(CNCc3cccs3)cc12. The number of thiophene rings is 1. The minimum atomic E-state index is -0.102. The molecule has 0 aliphatic heterocycles. The van der Waals surface area contributed by atoms with Crippen LogP contribution < -0.4 is 5.32 Å². The maximum atomic E-state index is 6.56. The van der Waals surface area contributed by atoms with Gasteiger partial charge in [0.05, 0.1) is 11.4 Å². The van der Waals surface area contributed by atoms with Gasteiger partial charge in [0.2, 0.25) is 0 Å². The van der Waals surface area contributed by atoms with Crippen LogP contribution in [-0.4, -0.2) is 14.8 Å². The van der Waals surface area contributed by atoms with E-state index in [4.69, 9.17) is 21.7 Å². The van der Waals surface area contributed by atoms with Crippen LogP contribution in [0.2, 0.25) is 5.15 Å². The fourth-order valence-corrected chi connectivity index (χ4v) is 4.10. The maximum absolute atomic E-state index is 6.56. The molecular formula is C22H23ClN4S. The summed E-state index contributed by atoms with van der Waals surface area (Å²) in [6.45, 7) is 8.01. The van der Waals surface area contributed by atoms with Crippen molar-refractivity contribution in [1.82, 2.24) is 20.1 Å². The van der Waals surface area contributed by atoms with E-state index in [0.717, 1.165) is 34.5 Å². The first kappa shape index (κ1) is 19.1. The summed E-state index contributed by atoms with van der Waals surface area (Å²) in [5, 5.41) is 12.0. The molecule has 0 aliphatic carbocycles. The largest absolute Gasteiger partial charge is 0.308 e. The van der Waals surface area contributed by atoms with Crippen molar-refractivity contribution in [2.75, 3.05) is 0 Å². The molecule has 4 rings (SSSR count). The molecule has 0 saturated carbocycles. The first-order chi connectivity index (χ1) is 13.4. The third-order valence-corrected chi connectivity index (χ3v) is 5.79. The molecule has 1 aromatic carbocycles. The summed E-state index contributed by atoms with van der Waals surface area (Å²) in [6, 6.07) is 16.4. The number of hydrogen-bond donors (Lipinski definition) is 1. The summed E-state index contributed by atoms with van der Waals surface area (Å²) in [6.07, 6.45) is 0. The Labute approximate surface area is 174 Å². The second-order valence-corrected chi connectivity index (χ2v) is 9.23. The molecular weight excluding hydrogens is 388 g/mol. The van der Waals surface area contributed by atoms with E-state index in [1.54, 1.807) is 11.3 Å². The van der Waals surface area contributed by atoms with E-state index in [0.29, 0.717) is 11.7 Å². The van der Waals surface area contributed by atoms with Gasteiger partial charge < -0.3 is 5.32 Å². The van der Waals surface area contributed by atoms with Crippen LogP contribution in [0.3, 0.4) is 0 Å². The first-order valence-corrected chi connectivity index (χ1v) is 10.6. The van der Waals surface area contributed by atoms with E-state index >= 15 is 0 Å². The molecule has 144 valence electrons. The lowest BCUT2D eigenvalue weighted by Gasteiger charge is -2.15. The van der Waals surface area contributed by atoms with Gasteiger partial charge >= 0.3 is 0 Å². The number of fused-ring (bicyclic) bond motifs is 1. The Morgan fingerprint density at radius 3 is 2.54 bits per heavy atom. The highest BCUT2D eigenvalue weighted by Gasteiger charge is 2.24. The Morgan fingerprint density at radius 1 is 1.07 bits per heavy atom. The van der Waals surface area contributed by atoms with E-state index in [9.17, 15) is 0 Å². The molecule has 0 aliphatic rings. The Balaban J connectivity index is 1.74. The molecule has 4 nitrogen and oxygen atoms in total. The summed E-state index contributed by atoms with van der Waals surface area (Å²) in [4.78, 5) is 6.03. The fraction of sp³-hybridized carbons (Fsp3) is 0.273. The number of para-hydroxylation sites is 1. The molecule has 0 spiro atoms. The number of pyridine rings is 1. The quantitative estimate of drug-likeness (QED) is 0.427. The van der Waals surface area contributed by atoms with Crippen molar-refractivity contribution in [2.45, 2.75) is 39.3 Å². The van der Waals surface area contributed by atoms with E-state index in [-0.39, 0.29) is 5.41 Å². The van der Waals surface area contributed by atoms with Crippen LogP contribution in [0.1, 0.15) is 36.9 Å². The standard InChI is InChI=1S/C22H23ClN4S/c1-22(2,3)19-18-12-15(13-24-14-17-10-7-11-28-17)20(23)25-21(18)27(26-19)16-8-5-4-6-9-16/h4-12,24H,13-14H2,1-3H3. The van der Waals surface area contributed by atoms with Gasteiger partial charge in [-0.15, -0.1) is 11.3 Å². The van der Waals surface area contributed by atoms with Crippen LogP contribution in [-0.2, 0) is 18.5 Å². The molecule has 0 saturated heterocycles. The van der Waals surface area contributed by atoms with E-state index < -0.39 is 0 Å². The minimum Gasteiger partial charge on any atom is -0.308 e. The average molecular weight is 411 g/mol. The number of nitrogens with one attached hydrogen (secondary N) is 1. The topological polar surface area (TPSA) is 42.7 Å². The summed E-state index contributed by atoms with van der Waals surface area (Å²) in [5.41, 5.74) is 3.69. The van der Waals surface area contributed by atoms with Gasteiger partial charge in [-0.1, -0.05) is 56.6 Å². The normalized spacial score (nSPS) is 12.0. The van der Waals surface area contributed by atoms with Crippen molar-refractivity contribution in [1.29, 1.82) is 0 Å². The Hall–Kier alpha value is -2.21. The highest BCUT2D eigenvalue weighted by Crippen LogP contribution is 2.32. The van der Waals surface area contributed by atoms with Gasteiger partial charge in [0.25, 0.3) is 0 Å². The monoisotopic (exact) mass is 410 g/mol. The van der Waals surface area contributed by atoms with Crippen molar-refractivity contribution >= 4 is 34.0 Å². The van der Waals surface area contributed by atoms with Crippen molar-refractivity contribution in [3.8, 4) is 5.69 Å². The molecule has 6 heteroatoms. The smallest absolute Gasteiger partial charge is 0.164 e. The summed E-state index contributed by atoms with van der Waals surface area (Å²) >= 11 is 8.30. The third kappa shape index (κ3) is 3.83. The highest BCUT2D eigenvalue weighted by atomic mass is 35.5. The third-order valence-electron chi connectivity index (χ3n) is 4.59. The summed E-state index contributed by atoms with van der Waals surface area (Å²) in [7, 11) is 0. The second-order valence-electron chi connectivity index (χ2n) is 7.84. The van der Waals surface area contributed by atoms with Crippen molar-refractivity contribution in [3.05, 3.63) is 75.2 Å². The van der Waals surface area contributed by atoms with Crippen LogP contribution in [0.25, 0.3) is 16.7 Å². The predicted molar refractivity (Wildman–Crippen MR) is 117 cm³/mol. The fourth-order valence-electron chi connectivity index (χ4n) is 3.22. The van der Waals surface area contributed by atoms with Crippen molar-refractivity contribution in [3.63, 3.8) is 0 Å². The summed E-state index contributed by atoms with van der Waals surface area (Å²) < 4.78 is 1.89. The molecule has 3 heterocycles. The number of rotatable bonds is 5. The molecule has 3 aromatic heterocycles. The van der Waals surface area contributed by atoms with E-state index in [1.807, 2.05) is 35.0 Å². The van der Waals surface area contributed by atoms with Gasteiger partial charge in [-0.25, -0.2) is 9.67 Å². The minimum absolute atomic E-state index is 0.102. The highest BCUT2D eigenvalue weighted by molar-refractivity contribution is 7.09. The van der Waals surface area contributed by atoms with Crippen LogP contribution in [0.4, 0.5) is 0 Å². The summed E-state index contributed by atoms with van der Waals surface area (Å²) in [5.74, 6) is 0. The number of aromatic nitrogens is 3. The van der Waals surface area contributed by atoms with Gasteiger partial charge in [-0.3, -0.25) is 0 Å². The predicted octanol–water partition coefficient (Wildman–Crippen LogP) is 5.72. The number of benzene rings is 1. The molecule has 0 amide bonds. The van der Waals surface area contributed by atoms with E-state index in [1.165, 1.54) is 4.88 Å². The number of nitrogens with zero attached hydrogens (tertiary/aromatic N) is 3. The van der Waals surface area contributed by atoms with Crippen molar-refractivity contribution < 1.29 is 0 Å². The van der Waals surface area contributed by atoms with Gasteiger partial charge in [-0.05, 0) is 29.6 Å². The molecule has 0 unspecified atom stereocenters. The first-order valence-electron chi connectivity index (χ1n) is 9.30. The molecule has 0 bridgehead atoms. The van der Waals surface area contributed by atoms with Gasteiger partial charge in [0, 0.05) is 34.3 Å². The zero-order valence-corrected chi connectivity index (χ0v) is 17.8. The molecule has 0 atom stereocenters. The number of halogens is 1. The van der Waals surface area contributed by atoms with Crippen LogP contribution in [0.15, 0.2) is 53.9 Å². The van der Waals surface area contributed by atoms with E-state index in [2.05, 4.69) is 49.7 Å². The molecule has 4 aromatic rings. The lowest BCUT2D eigenvalue weighted by Crippen LogP contribution is -2.14. The van der Waals surface area contributed by atoms with Gasteiger partial charge in [0.15, 0.2) is 5.65 Å². The van der Waals surface area contributed by atoms with Crippen LogP contribution in [0.5, 0.6) is 0 Å². The Kier molecular flexibility index (Phi) is 5.23. The van der Waals surface area contributed by atoms with Gasteiger partial charge in [0.1, 0.15) is 5.15 Å². The Morgan fingerprint density at radius 2 is 1.86 bits per heavy atom.